The molecule has 7 heteroatoms. The van der Waals surface area contributed by atoms with E-state index >= 15 is 0 Å². The van der Waals surface area contributed by atoms with E-state index in [1.54, 1.807) is 13.2 Å². The zero-order chi connectivity index (χ0) is 17.8. The lowest BCUT2D eigenvalue weighted by molar-refractivity contribution is -0.384. The number of hydrogen-bond donors (Lipinski definition) is 1. The van der Waals surface area contributed by atoms with E-state index in [0.29, 0.717) is 28.4 Å². The van der Waals surface area contributed by atoms with E-state index < -0.39 is 4.92 Å². The lowest BCUT2D eigenvalue weighted by Crippen LogP contribution is -2.00. The van der Waals surface area contributed by atoms with Crippen LogP contribution in [0.5, 0.6) is 11.5 Å². The van der Waals surface area contributed by atoms with Crippen LogP contribution >= 0.6 is 0 Å². The summed E-state index contributed by atoms with van der Waals surface area (Å²) < 4.78 is 11.1. The largest absolute Gasteiger partial charge is 0.493 e. The number of rotatable bonds is 7. The highest BCUT2D eigenvalue weighted by Crippen LogP contribution is 2.29. The molecule has 1 N–H and O–H groups in total. The fraction of sp³-hybridized carbons (Fsp3) is 0.167. The van der Waals surface area contributed by atoms with Crippen LogP contribution in [0.2, 0.25) is 0 Å². The lowest BCUT2D eigenvalue weighted by atomic mass is 10.1. The van der Waals surface area contributed by atoms with Gasteiger partial charge < -0.3 is 14.5 Å². The van der Waals surface area contributed by atoms with Gasteiger partial charge in [-0.05, 0) is 30.2 Å². The smallest absolute Gasteiger partial charge is 0.271 e. The van der Waals surface area contributed by atoms with Gasteiger partial charge in [0.25, 0.3) is 5.69 Å². The van der Waals surface area contributed by atoms with Crippen LogP contribution < -0.4 is 9.47 Å². The molecule has 0 aliphatic rings. The summed E-state index contributed by atoms with van der Waals surface area (Å²) in [6, 6.07) is 10.2. The standard InChI is InChI=1S/C18H17N3O4/c1-3-4-12-5-8-16(17(9-12)24-2)25-11-18-19-14-7-6-13(21(22)23)10-15(14)20-18/h3,5-10H,1,4,11H2,2H3,(H,19,20). The average molecular weight is 339 g/mol. The molecule has 2 aromatic carbocycles. The number of nitrogens with zero attached hydrogens (tertiary/aromatic N) is 2. The molecule has 0 bridgehead atoms. The van der Waals surface area contributed by atoms with Crippen molar-refractivity contribution in [1.29, 1.82) is 0 Å². The van der Waals surface area contributed by atoms with Crippen LogP contribution in [0.1, 0.15) is 11.4 Å². The van der Waals surface area contributed by atoms with Gasteiger partial charge in [0.15, 0.2) is 11.5 Å². The number of aromatic nitrogens is 2. The number of allylic oxidation sites excluding steroid dienone is 1. The number of non-ortho nitro benzene ring substituents is 1. The van der Waals surface area contributed by atoms with Crippen molar-refractivity contribution in [2.75, 3.05) is 7.11 Å². The second-order valence-corrected chi connectivity index (χ2v) is 5.41. The minimum atomic E-state index is -0.438. The van der Waals surface area contributed by atoms with E-state index in [0.717, 1.165) is 12.0 Å². The van der Waals surface area contributed by atoms with E-state index in [2.05, 4.69) is 16.5 Å². The first kappa shape index (κ1) is 16.5. The maximum Gasteiger partial charge on any atom is 0.271 e. The lowest BCUT2D eigenvalue weighted by Gasteiger charge is -2.10. The number of benzene rings is 2. The number of nitrogens with one attached hydrogen (secondary N) is 1. The molecule has 0 spiro atoms. The van der Waals surface area contributed by atoms with Crippen LogP contribution in [0.4, 0.5) is 5.69 Å². The Kier molecular flexibility index (Phi) is 4.65. The van der Waals surface area contributed by atoms with Crippen LogP contribution in [0.15, 0.2) is 49.1 Å². The number of ether oxygens (including phenoxy) is 2. The maximum absolute atomic E-state index is 10.8. The fourth-order valence-corrected chi connectivity index (χ4v) is 2.50. The van der Waals surface area contributed by atoms with Gasteiger partial charge in [-0.1, -0.05) is 12.1 Å². The molecule has 0 aliphatic carbocycles. The molecule has 0 saturated carbocycles. The summed E-state index contributed by atoms with van der Waals surface area (Å²) >= 11 is 0. The third-order valence-electron chi connectivity index (χ3n) is 3.70. The second-order valence-electron chi connectivity index (χ2n) is 5.41. The Morgan fingerprint density at radius 2 is 2.12 bits per heavy atom. The molecule has 3 rings (SSSR count). The second kappa shape index (κ2) is 7.04. The van der Waals surface area contributed by atoms with Crippen molar-refractivity contribution in [1.82, 2.24) is 9.97 Å². The monoisotopic (exact) mass is 339 g/mol. The first-order chi connectivity index (χ1) is 12.1. The van der Waals surface area contributed by atoms with Crippen molar-refractivity contribution >= 4 is 16.7 Å². The molecule has 1 aromatic heterocycles. The Hall–Kier alpha value is -3.35. The van der Waals surface area contributed by atoms with Gasteiger partial charge in [0, 0.05) is 12.1 Å². The highest BCUT2D eigenvalue weighted by Gasteiger charge is 2.11. The van der Waals surface area contributed by atoms with Crippen molar-refractivity contribution in [2.45, 2.75) is 13.0 Å². The summed E-state index contributed by atoms with van der Waals surface area (Å²) in [5.74, 6) is 1.81. The summed E-state index contributed by atoms with van der Waals surface area (Å²) in [5, 5.41) is 10.8. The number of fused-ring (bicyclic) bond motifs is 1. The molecule has 0 radical (unpaired) electrons. The predicted octanol–water partition coefficient (Wildman–Crippen LogP) is 3.79. The van der Waals surface area contributed by atoms with E-state index in [9.17, 15) is 10.1 Å². The summed E-state index contributed by atoms with van der Waals surface area (Å²) in [7, 11) is 1.58. The molecule has 0 atom stereocenters. The summed E-state index contributed by atoms with van der Waals surface area (Å²) in [4.78, 5) is 17.8. The zero-order valence-electron chi connectivity index (χ0n) is 13.7. The van der Waals surface area contributed by atoms with Crippen molar-refractivity contribution in [2.24, 2.45) is 0 Å². The quantitative estimate of drug-likeness (QED) is 0.402. The molecular formula is C18H17N3O4. The average Bonchev–Trinajstić information content (AvgIpc) is 3.02. The van der Waals surface area contributed by atoms with Gasteiger partial charge in [-0.15, -0.1) is 6.58 Å². The third-order valence-corrected chi connectivity index (χ3v) is 3.70. The molecule has 7 nitrogen and oxygen atoms in total. The van der Waals surface area contributed by atoms with Crippen molar-refractivity contribution in [3.8, 4) is 11.5 Å². The number of hydrogen-bond acceptors (Lipinski definition) is 5. The molecule has 25 heavy (non-hydrogen) atoms. The van der Waals surface area contributed by atoms with Gasteiger partial charge in [0.05, 0.1) is 23.1 Å². The molecule has 0 saturated heterocycles. The van der Waals surface area contributed by atoms with Gasteiger partial charge in [-0.3, -0.25) is 10.1 Å². The molecular weight excluding hydrogens is 322 g/mol. The van der Waals surface area contributed by atoms with Gasteiger partial charge >= 0.3 is 0 Å². The Morgan fingerprint density at radius 3 is 2.84 bits per heavy atom. The fourth-order valence-electron chi connectivity index (χ4n) is 2.50. The summed E-state index contributed by atoms with van der Waals surface area (Å²) in [6.07, 6.45) is 2.57. The molecule has 0 fully saturated rings. The van der Waals surface area contributed by atoms with E-state index in [-0.39, 0.29) is 12.3 Å². The van der Waals surface area contributed by atoms with Crippen LogP contribution in [0, 0.1) is 10.1 Å². The topological polar surface area (TPSA) is 90.3 Å². The summed E-state index contributed by atoms with van der Waals surface area (Å²) in [5.41, 5.74) is 2.34. The number of H-pyrrole nitrogens is 1. The Balaban J connectivity index is 1.78. The number of methoxy groups -OCH3 is 1. The van der Waals surface area contributed by atoms with E-state index in [1.165, 1.54) is 12.1 Å². The first-order valence-corrected chi connectivity index (χ1v) is 7.64. The molecule has 128 valence electrons. The van der Waals surface area contributed by atoms with Crippen molar-refractivity contribution in [3.63, 3.8) is 0 Å². The highest BCUT2D eigenvalue weighted by molar-refractivity contribution is 5.77. The van der Waals surface area contributed by atoms with Crippen molar-refractivity contribution < 1.29 is 14.4 Å². The molecule has 0 aliphatic heterocycles. The van der Waals surface area contributed by atoms with Crippen LogP contribution in [-0.2, 0) is 13.0 Å². The Morgan fingerprint density at radius 1 is 1.28 bits per heavy atom. The van der Waals surface area contributed by atoms with E-state index in [1.807, 2.05) is 24.3 Å². The normalized spacial score (nSPS) is 10.6. The van der Waals surface area contributed by atoms with E-state index in [4.69, 9.17) is 9.47 Å². The summed E-state index contributed by atoms with van der Waals surface area (Å²) in [6.45, 7) is 3.92. The molecule has 0 amide bonds. The van der Waals surface area contributed by atoms with Crippen LogP contribution in [0.3, 0.4) is 0 Å². The van der Waals surface area contributed by atoms with Crippen LogP contribution in [0.25, 0.3) is 11.0 Å². The molecule has 1 heterocycles. The number of aromatic amines is 1. The molecule has 0 unspecified atom stereocenters. The zero-order valence-corrected chi connectivity index (χ0v) is 13.7. The maximum atomic E-state index is 10.8. The first-order valence-electron chi connectivity index (χ1n) is 7.64. The van der Waals surface area contributed by atoms with Crippen molar-refractivity contribution in [3.05, 3.63) is 70.6 Å². The van der Waals surface area contributed by atoms with Gasteiger partial charge in [0.1, 0.15) is 12.4 Å². The Labute approximate surface area is 144 Å². The Bertz CT molecular complexity index is 933. The number of imidazole rings is 1. The minimum absolute atomic E-state index is 0.0168. The minimum Gasteiger partial charge on any atom is -0.493 e. The van der Waals surface area contributed by atoms with Gasteiger partial charge in [-0.25, -0.2) is 4.98 Å². The van der Waals surface area contributed by atoms with Crippen LogP contribution in [-0.4, -0.2) is 22.0 Å². The number of nitro benzene ring substituents is 1. The van der Waals surface area contributed by atoms with Gasteiger partial charge in [-0.2, -0.15) is 0 Å². The van der Waals surface area contributed by atoms with Gasteiger partial charge in [0.2, 0.25) is 0 Å². The SMILES string of the molecule is C=CCc1ccc(OCc2nc3ccc([N+](=O)[O-])cc3[nH]2)c(OC)c1. The number of nitro groups is 1. The highest BCUT2D eigenvalue weighted by atomic mass is 16.6. The predicted molar refractivity (Wildman–Crippen MR) is 94.0 cm³/mol. The third kappa shape index (κ3) is 3.60. The molecule has 3 aromatic rings.